The van der Waals surface area contributed by atoms with Gasteiger partial charge >= 0.3 is 12.1 Å². The molecule has 2 N–H and O–H groups in total. The van der Waals surface area contributed by atoms with Crippen molar-refractivity contribution in [3.63, 3.8) is 0 Å². The van der Waals surface area contributed by atoms with E-state index in [2.05, 4.69) is 5.32 Å². The molecule has 5 nitrogen and oxygen atoms in total. The van der Waals surface area contributed by atoms with E-state index in [1.54, 1.807) is 32.5 Å². The van der Waals surface area contributed by atoms with E-state index in [9.17, 15) is 9.59 Å². The summed E-state index contributed by atoms with van der Waals surface area (Å²) in [5, 5.41) is 11.3. The standard InChI is InChI=1S/C11H21NO4S/c1-5-17-7-6-8(9(13)14)12-10(15)16-11(2,3)4/h8H,5-7H2,1-4H3,(H,12,15)(H,13,14)/t8-/m1/s1. The lowest BCUT2D eigenvalue weighted by atomic mass is 10.2. The van der Waals surface area contributed by atoms with E-state index in [1.165, 1.54) is 0 Å². The van der Waals surface area contributed by atoms with E-state index in [0.717, 1.165) is 5.75 Å². The number of carboxylic acid groups (broad SMARTS) is 1. The number of amides is 1. The van der Waals surface area contributed by atoms with Gasteiger partial charge in [-0.05, 0) is 38.7 Å². The Kier molecular flexibility index (Phi) is 7.03. The monoisotopic (exact) mass is 263 g/mol. The van der Waals surface area contributed by atoms with Crippen LogP contribution >= 0.6 is 11.8 Å². The molecule has 0 radical (unpaired) electrons. The van der Waals surface area contributed by atoms with Crippen LogP contribution in [0.5, 0.6) is 0 Å². The SMILES string of the molecule is CCSCC[C@@H](NC(=O)OC(C)(C)C)C(=O)O. The van der Waals surface area contributed by atoms with Gasteiger partial charge in [-0.2, -0.15) is 11.8 Å². The molecule has 6 heteroatoms. The van der Waals surface area contributed by atoms with Gasteiger partial charge in [0.15, 0.2) is 0 Å². The Bertz CT molecular complexity index is 263. The van der Waals surface area contributed by atoms with Crippen LogP contribution in [0.15, 0.2) is 0 Å². The maximum Gasteiger partial charge on any atom is 0.408 e. The molecule has 17 heavy (non-hydrogen) atoms. The van der Waals surface area contributed by atoms with Gasteiger partial charge in [0.1, 0.15) is 11.6 Å². The average molecular weight is 263 g/mol. The smallest absolute Gasteiger partial charge is 0.408 e. The molecule has 0 bridgehead atoms. The molecule has 1 atom stereocenters. The fraction of sp³-hybridized carbons (Fsp3) is 0.818. The molecular formula is C11H21NO4S. The molecule has 0 saturated carbocycles. The highest BCUT2D eigenvalue weighted by molar-refractivity contribution is 7.99. The predicted molar refractivity (Wildman–Crippen MR) is 68.4 cm³/mol. The topological polar surface area (TPSA) is 75.6 Å². The molecule has 0 aliphatic rings. The van der Waals surface area contributed by atoms with Crippen LogP contribution in [-0.4, -0.2) is 40.3 Å². The first-order chi connectivity index (χ1) is 7.76. The average Bonchev–Trinajstić information content (AvgIpc) is 2.13. The number of carbonyl (C=O) groups excluding carboxylic acids is 1. The van der Waals surface area contributed by atoms with Crippen molar-refractivity contribution in [2.75, 3.05) is 11.5 Å². The van der Waals surface area contributed by atoms with Crippen LogP contribution in [0, 0.1) is 0 Å². The van der Waals surface area contributed by atoms with Crippen molar-refractivity contribution >= 4 is 23.8 Å². The van der Waals surface area contributed by atoms with E-state index in [1.807, 2.05) is 6.92 Å². The molecule has 1 amide bonds. The lowest BCUT2D eigenvalue weighted by Gasteiger charge is -2.21. The maximum atomic E-state index is 11.4. The maximum absolute atomic E-state index is 11.4. The molecule has 0 heterocycles. The molecule has 0 unspecified atom stereocenters. The first-order valence-electron chi connectivity index (χ1n) is 5.56. The van der Waals surface area contributed by atoms with Gasteiger partial charge in [0.2, 0.25) is 0 Å². The molecule has 0 aliphatic carbocycles. The summed E-state index contributed by atoms with van der Waals surface area (Å²) in [6.07, 6.45) is -0.293. The first-order valence-corrected chi connectivity index (χ1v) is 6.71. The minimum atomic E-state index is -1.03. The summed E-state index contributed by atoms with van der Waals surface area (Å²) in [6, 6.07) is -0.885. The number of alkyl carbamates (subject to hydrolysis) is 1. The highest BCUT2D eigenvalue weighted by Crippen LogP contribution is 2.08. The molecule has 0 aromatic heterocycles. The van der Waals surface area contributed by atoms with Gasteiger partial charge in [0.05, 0.1) is 0 Å². The predicted octanol–water partition coefficient (Wildman–Crippen LogP) is 2.11. The Hall–Kier alpha value is -0.910. The second kappa shape index (κ2) is 7.42. The van der Waals surface area contributed by atoms with Gasteiger partial charge in [0, 0.05) is 0 Å². The van der Waals surface area contributed by atoms with Crippen LogP contribution in [-0.2, 0) is 9.53 Å². The number of hydrogen-bond acceptors (Lipinski definition) is 4. The summed E-state index contributed by atoms with van der Waals surface area (Å²) in [5.41, 5.74) is -0.620. The number of carboxylic acids is 1. The fourth-order valence-electron chi connectivity index (χ4n) is 1.05. The van der Waals surface area contributed by atoms with Crippen molar-refractivity contribution < 1.29 is 19.4 Å². The third kappa shape index (κ3) is 8.85. The van der Waals surface area contributed by atoms with Gasteiger partial charge in [-0.25, -0.2) is 9.59 Å². The number of rotatable bonds is 6. The molecule has 0 saturated heterocycles. The zero-order chi connectivity index (χ0) is 13.5. The van der Waals surface area contributed by atoms with E-state index in [-0.39, 0.29) is 0 Å². The number of aliphatic carboxylic acids is 1. The molecule has 0 fully saturated rings. The Morgan fingerprint density at radius 1 is 1.41 bits per heavy atom. The number of hydrogen-bond donors (Lipinski definition) is 2. The fourth-order valence-corrected chi connectivity index (χ4v) is 1.74. The Labute approximate surface area is 106 Å². The first kappa shape index (κ1) is 16.1. The Morgan fingerprint density at radius 3 is 2.41 bits per heavy atom. The third-order valence-electron chi connectivity index (χ3n) is 1.74. The van der Waals surface area contributed by atoms with Crippen molar-refractivity contribution in [1.29, 1.82) is 0 Å². The van der Waals surface area contributed by atoms with Gasteiger partial charge < -0.3 is 15.2 Å². The number of carbonyl (C=O) groups is 2. The van der Waals surface area contributed by atoms with Crippen LogP contribution in [0.1, 0.15) is 34.1 Å². The highest BCUT2D eigenvalue weighted by Gasteiger charge is 2.23. The molecule has 100 valence electrons. The normalized spacial score (nSPS) is 12.9. The van der Waals surface area contributed by atoms with E-state index in [0.29, 0.717) is 12.2 Å². The molecule has 0 aromatic carbocycles. The highest BCUT2D eigenvalue weighted by atomic mass is 32.2. The van der Waals surface area contributed by atoms with Gasteiger partial charge in [0.25, 0.3) is 0 Å². The van der Waals surface area contributed by atoms with Crippen LogP contribution in [0.2, 0.25) is 0 Å². The van der Waals surface area contributed by atoms with Crippen molar-refractivity contribution in [3.05, 3.63) is 0 Å². The van der Waals surface area contributed by atoms with E-state index in [4.69, 9.17) is 9.84 Å². The lowest BCUT2D eigenvalue weighted by molar-refractivity contribution is -0.139. The van der Waals surface area contributed by atoms with Crippen LogP contribution in [0.3, 0.4) is 0 Å². The Balaban J connectivity index is 4.16. The second-order valence-corrected chi connectivity index (χ2v) is 5.92. The molecule has 0 aromatic rings. The van der Waals surface area contributed by atoms with Gasteiger partial charge in [-0.3, -0.25) is 0 Å². The summed E-state index contributed by atoms with van der Waals surface area (Å²) in [6.45, 7) is 7.20. The minimum absolute atomic E-state index is 0.396. The van der Waals surface area contributed by atoms with Crippen LogP contribution in [0.4, 0.5) is 4.79 Å². The van der Waals surface area contributed by atoms with Crippen LogP contribution in [0.25, 0.3) is 0 Å². The second-order valence-electron chi connectivity index (χ2n) is 4.52. The van der Waals surface area contributed by atoms with E-state index >= 15 is 0 Å². The molecule has 0 aliphatic heterocycles. The molecule has 0 spiro atoms. The van der Waals surface area contributed by atoms with Crippen LogP contribution < -0.4 is 5.32 Å². The largest absolute Gasteiger partial charge is 0.480 e. The number of nitrogens with one attached hydrogen (secondary N) is 1. The zero-order valence-corrected chi connectivity index (χ0v) is 11.6. The third-order valence-corrected chi connectivity index (χ3v) is 2.68. The quantitative estimate of drug-likeness (QED) is 0.718. The number of thioether (sulfide) groups is 1. The molecule has 0 rings (SSSR count). The van der Waals surface area contributed by atoms with Gasteiger partial charge in [-0.15, -0.1) is 0 Å². The lowest BCUT2D eigenvalue weighted by Crippen LogP contribution is -2.43. The Morgan fingerprint density at radius 2 is 2.00 bits per heavy atom. The minimum Gasteiger partial charge on any atom is -0.480 e. The van der Waals surface area contributed by atoms with E-state index < -0.39 is 23.7 Å². The molecular weight excluding hydrogens is 242 g/mol. The van der Waals surface area contributed by atoms with Crippen molar-refractivity contribution in [1.82, 2.24) is 5.32 Å². The van der Waals surface area contributed by atoms with Crippen molar-refractivity contribution in [2.24, 2.45) is 0 Å². The zero-order valence-electron chi connectivity index (χ0n) is 10.8. The van der Waals surface area contributed by atoms with Crippen molar-refractivity contribution in [3.8, 4) is 0 Å². The van der Waals surface area contributed by atoms with Gasteiger partial charge in [-0.1, -0.05) is 6.92 Å². The summed E-state index contributed by atoms with van der Waals surface area (Å²) in [5.74, 6) is 0.592. The number of ether oxygens (including phenoxy) is 1. The summed E-state index contributed by atoms with van der Waals surface area (Å²) >= 11 is 1.64. The summed E-state index contributed by atoms with van der Waals surface area (Å²) < 4.78 is 5.00. The summed E-state index contributed by atoms with van der Waals surface area (Å²) in [4.78, 5) is 22.3. The summed E-state index contributed by atoms with van der Waals surface area (Å²) in [7, 11) is 0. The van der Waals surface area contributed by atoms with Crippen molar-refractivity contribution in [2.45, 2.75) is 45.8 Å².